The SMILES string of the molecule is O=Cc1ccc([N+](=O)[O-])c(OCCC2CCCCC2)c1. The van der Waals surface area contributed by atoms with Crippen LogP contribution in [0.25, 0.3) is 0 Å². The third-order valence-corrected chi connectivity index (χ3v) is 3.83. The molecular formula is C15H19NO4. The summed E-state index contributed by atoms with van der Waals surface area (Å²) in [6, 6.07) is 4.19. The number of hydrogen-bond donors (Lipinski definition) is 0. The molecule has 0 radical (unpaired) electrons. The molecule has 20 heavy (non-hydrogen) atoms. The molecule has 0 atom stereocenters. The molecule has 1 aromatic rings. The van der Waals surface area contributed by atoms with E-state index in [0.717, 1.165) is 6.42 Å². The predicted octanol–water partition coefficient (Wildman–Crippen LogP) is 3.76. The smallest absolute Gasteiger partial charge is 0.310 e. The molecule has 0 spiro atoms. The van der Waals surface area contributed by atoms with Crippen molar-refractivity contribution < 1.29 is 14.5 Å². The first-order valence-electron chi connectivity index (χ1n) is 7.07. The number of nitro groups is 1. The molecule has 1 aromatic carbocycles. The van der Waals surface area contributed by atoms with Crippen molar-refractivity contribution in [2.24, 2.45) is 5.92 Å². The topological polar surface area (TPSA) is 69.4 Å². The van der Waals surface area contributed by atoms with Gasteiger partial charge in [0, 0.05) is 11.6 Å². The van der Waals surface area contributed by atoms with E-state index >= 15 is 0 Å². The molecule has 1 saturated carbocycles. The van der Waals surface area contributed by atoms with Crippen LogP contribution in [0, 0.1) is 16.0 Å². The maximum absolute atomic E-state index is 10.9. The molecule has 0 bridgehead atoms. The third-order valence-electron chi connectivity index (χ3n) is 3.83. The second-order valence-electron chi connectivity index (χ2n) is 5.24. The Bertz CT molecular complexity index is 481. The van der Waals surface area contributed by atoms with Crippen LogP contribution in [0.5, 0.6) is 5.75 Å². The Balaban J connectivity index is 1.96. The van der Waals surface area contributed by atoms with E-state index < -0.39 is 4.92 Å². The van der Waals surface area contributed by atoms with Crippen molar-refractivity contribution in [2.45, 2.75) is 38.5 Å². The van der Waals surface area contributed by atoms with Gasteiger partial charge in [-0.25, -0.2) is 0 Å². The molecule has 0 aromatic heterocycles. The van der Waals surface area contributed by atoms with Crippen LogP contribution in [0.3, 0.4) is 0 Å². The molecule has 2 rings (SSSR count). The quantitative estimate of drug-likeness (QED) is 0.451. The van der Waals surface area contributed by atoms with Crippen LogP contribution in [0.2, 0.25) is 0 Å². The van der Waals surface area contributed by atoms with Crippen LogP contribution in [0.1, 0.15) is 48.9 Å². The number of nitrogens with zero attached hydrogens (tertiary/aromatic N) is 1. The predicted molar refractivity (Wildman–Crippen MR) is 75.2 cm³/mol. The maximum atomic E-state index is 10.9. The molecule has 1 aliphatic rings. The molecule has 1 aliphatic carbocycles. The first kappa shape index (κ1) is 14.5. The molecule has 0 N–H and O–H groups in total. The Morgan fingerprint density at radius 1 is 1.30 bits per heavy atom. The number of benzene rings is 1. The van der Waals surface area contributed by atoms with Gasteiger partial charge in [-0.2, -0.15) is 0 Å². The number of nitro benzene ring substituents is 1. The molecule has 1 fully saturated rings. The van der Waals surface area contributed by atoms with Crippen LogP contribution >= 0.6 is 0 Å². The highest BCUT2D eigenvalue weighted by molar-refractivity contribution is 5.76. The van der Waals surface area contributed by atoms with Crippen molar-refractivity contribution in [2.75, 3.05) is 6.61 Å². The third kappa shape index (κ3) is 3.79. The van der Waals surface area contributed by atoms with Crippen molar-refractivity contribution in [3.63, 3.8) is 0 Å². The average molecular weight is 277 g/mol. The highest BCUT2D eigenvalue weighted by atomic mass is 16.6. The number of hydrogen-bond acceptors (Lipinski definition) is 4. The fourth-order valence-electron chi connectivity index (χ4n) is 2.68. The Kier molecular flexibility index (Phi) is 5.09. The molecule has 5 heteroatoms. The summed E-state index contributed by atoms with van der Waals surface area (Å²) in [5, 5.41) is 10.9. The van der Waals surface area contributed by atoms with E-state index in [1.807, 2.05) is 0 Å². The van der Waals surface area contributed by atoms with E-state index in [4.69, 9.17) is 4.74 Å². The van der Waals surface area contributed by atoms with Gasteiger partial charge in [-0.05, 0) is 24.5 Å². The summed E-state index contributed by atoms with van der Waals surface area (Å²) in [6.45, 7) is 0.466. The zero-order chi connectivity index (χ0) is 14.4. The number of ether oxygens (including phenoxy) is 1. The van der Waals surface area contributed by atoms with Crippen molar-refractivity contribution in [3.8, 4) is 5.75 Å². The van der Waals surface area contributed by atoms with Crippen LogP contribution < -0.4 is 4.74 Å². The summed E-state index contributed by atoms with van der Waals surface area (Å²) in [6.07, 6.45) is 7.88. The van der Waals surface area contributed by atoms with Crippen molar-refractivity contribution >= 4 is 12.0 Å². The number of carbonyl (C=O) groups excluding carboxylic acids is 1. The Labute approximate surface area is 118 Å². The molecule has 0 heterocycles. The van der Waals surface area contributed by atoms with E-state index in [0.29, 0.717) is 24.4 Å². The Morgan fingerprint density at radius 2 is 2.05 bits per heavy atom. The zero-order valence-corrected chi connectivity index (χ0v) is 11.4. The Hall–Kier alpha value is -1.91. The summed E-state index contributed by atoms with van der Waals surface area (Å²) in [4.78, 5) is 21.2. The lowest BCUT2D eigenvalue weighted by Crippen LogP contribution is -2.11. The monoisotopic (exact) mass is 277 g/mol. The lowest BCUT2D eigenvalue weighted by Gasteiger charge is -2.21. The molecular weight excluding hydrogens is 258 g/mol. The van der Waals surface area contributed by atoms with Gasteiger partial charge >= 0.3 is 5.69 Å². The van der Waals surface area contributed by atoms with Crippen LogP contribution in [-0.4, -0.2) is 17.8 Å². The molecule has 108 valence electrons. The van der Waals surface area contributed by atoms with Gasteiger partial charge in [-0.3, -0.25) is 14.9 Å². The van der Waals surface area contributed by atoms with Gasteiger partial charge in [0.05, 0.1) is 11.5 Å². The highest BCUT2D eigenvalue weighted by Crippen LogP contribution is 2.30. The standard InChI is InChI=1S/C15H19NO4/c17-11-13-6-7-14(16(18)19)15(10-13)20-9-8-12-4-2-1-3-5-12/h6-7,10-12H,1-5,8-9H2. The lowest BCUT2D eigenvalue weighted by atomic mass is 9.87. The van der Waals surface area contributed by atoms with Gasteiger partial charge in [0.1, 0.15) is 6.29 Å². The minimum Gasteiger partial charge on any atom is -0.487 e. The van der Waals surface area contributed by atoms with E-state index in [1.54, 1.807) is 0 Å². The van der Waals surface area contributed by atoms with Crippen molar-refractivity contribution in [1.29, 1.82) is 0 Å². The second kappa shape index (κ2) is 7.03. The van der Waals surface area contributed by atoms with Crippen LogP contribution in [-0.2, 0) is 0 Å². The van der Waals surface area contributed by atoms with Crippen LogP contribution in [0.4, 0.5) is 5.69 Å². The van der Waals surface area contributed by atoms with E-state index in [2.05, 4.69) is 0 Å². The maximum Gasteiger partial charge on any atom is 0.310 e. The Morgan fingerprint density at radius 3 is 2.70 bits per heavy atom. The van der Waals surface area contributed by atoms with E-state index in [-0.39, 0.29) is 11.4 Å². The average Bonchev–Trinajstić information content (AvgIpc) is 2.48. The van der Waals surface area contributed by atoms with Gasteiger partial charge in [-0.1, -0.05) is 32.1 Å². The second-order valence-corrected chi connectivity index (χ2v) is 5.24. The first-order valence-corrected chi connectivity index (χ1v) is 7.07. The normalized spacial score (nSPS) is 15.8. The minimum atomic E-state index is -0.482. The molecule has 5 nitrogen and oxygen atoms in total. The van der Waals surface area contributed by atoms with Crippen molar-refractivity contribution in [3.05, 3.63) is 33.9 Å². The van der Waals surface area contributed by atoms with Crippen LogP contribution in [0.15, 0.2) is 18.2 Å². The fourth-order valence-corrected chi connectivity index (χ4v) is 2.68. The fraction of sp³-hybridized carbons (Fsp3) is 0.533. The molecule has 0 aliphatic heterocycles. The summed E-state index contributed by atoms with van der Waals surface area (Å²) >= 11 is 0. The molecule has 0 saturated heterocycles. The van der Waals surface area contributed by atoms with Crippen molar-refractivity contribution in [1.82, 2.24) is 0 Å². The summed E-state index contributed by atoms with van der Waals surface area (Å²) in [5.74, 6) is 0.854. The highest BCUT2D eigenvalue weighted by Gasteiger charge is 2.17. The van der Waals surface area contributed by atoms with Gasteiger partial charge in [0.15, 0.2) is 5.75 Å². The van der Waals surface area contributed by atoms with Gasteiger partial charge in [0.25, 0.3) is 0 Å². The summed E-state index contributed by atoms with van der Waals surface area (Å²) in [5.41, 5.74) is 0.308. The van der Waals surface area contributed by atoms with Gasteiger partial charge < -0.3 is 4.74 Å². The summed E-state index contributed by atoms with van der Waals surface area (Å²) in [7, 11) is 0. The molecule has 0 unspecified atom stereocenters. The number of rotatable bonds is 6. The number of aldehydes is 1. The minimum absolute atomic E-state index is 0.0840. The van der Waals surface area contributed by atoms with E-state index in [1.165, 1.54) is 50.3 Å². The van der Waals surface area contributed by atoms with Gasteiger partial charge in [-0.15, -0.1) is 0 Å². The largest absolute Gasteiger partial charge is 0.487 e. The zero-order valence-electron chi connectivity index (χ0n) is 11.4. The molecule has 0 amide bonds. The first-order chi connectivity index (χ1) is 9.70. The number of carbonyl (C=O) groups is 1. The summed E-state index contributed by atoms with van der Waals surface area (Å²) < 4.78 is 5.54. The lowest BCUT2D eigenvalue weighted by molar-refractivity contribution is -0.385. The van der Waals surface area contributed by atoms with Gasteiger partial charge in [0.2, 0.25) is 0 Å². The van der Waals surface area contributed by atoms with E-state index in [9.17, 15) is 14.9 Å².